The lowest BCUT2D eigenvalue weighted by Crippen LogP contribution is -2.38. The topological polar surface area (TPSA) is 59.3 Å². The molecule has 92 valence electrons. The fourth-order valence-corrected chi connectivity index (χ4v) is 2.51. The third-order valence-corrected chi connectivity index (χ3v) is 3.52. The molecule has 0 spiro atoms. The van der Waals surface area contributed by atoms with Crippen LogP contribution in [0.4, 0.5) is 11.5 Å². The molecule has 1 aromatic rings. The summed E-state index contributed by atoms with van der Waals surface area (Å²) in [5, 5.41) is 11.0. The maximum atomic E-state index is 11.0. The van der Waals surface area contributed by atoms with Gasteiger partial charge in [-0.05, 0) is 42.1 Å². The molecule has 0 saturated carbocycles. The average Bonchev–Trinajstić information content (AvgIpc) is 2.30. The predicted molar refractivity (Wildman–Crippen MR) is 69.3 cm³/mol. The maximum Gasteiger partial charge on any atom is 0.312 e. The van der Waals surface area contributed by atoms with Crippen molar-refractivity contribution in [2.24, 2.45) is 0 Å². The van der Waals surface area contributed by atoms with Gasteiger partial charge in [0, 0.05) is 29.3 Å². The van der Waals surface area contributed by atoms with Gasteiger partial charge in [-0.3, -0.25) is 10.1 Å². The minimum absolute atomic E-state index is 0.0770. The summed E-state index contributed by atoms with van der Waals surface area (Å²) in [6.07, 6.45) is 4.93. The summed E-state index contributed by atoms with van der Waals surface area (Å²) < 4.78 is 0.637. The van der Waals surface area contributed by atoms with Crippen LogP contribution in [0.2, 0.25) is 0 Å². The van der Waals surface area contributed by atoms with Crippen molar-refractivity contribution in [1.29, 1.82) is 0 Å². The van der Waals surface area contributed by atoms with Gasteiger partial charge in [0.05, 0.1) is 4.92 Å². The van der Waals surface area contributed by atoms with E-state index in [1.807, 2.05) is 4.90 Å². The van der Waals surface area contributed by atoms with Crippen molar-refractivity contribution < 1.29 is 4.92 Å². The van der Waals surface area contributed by atoms with Crippen LogP contribution >= 0.6 is 15.9 Å². The van der Waals surface area contributed by atoms with Gasteiger partial charge in [-0.15, -0.1) is 0 Å². The number of rotatable bonds is 2. The molecule has 1 fully saturated rings. The molecule has 0 N–H and O–H groups in total. The normalized spacial score (nSPS) is 20.4. The highest BCUT2D eigenvalue weighted by molar-refractivity contribution is 9.10. The van der Waals surface area contributed by atoms with E-state index in [2.05, 4.69) is 27.8 Å². The van der Waals surface area contributed by atoms with Crippen LogP contribution in [0, 0.1) is 10.1 Å². The van der Waals surface area contributed by atoms with Gasteiger partial charge in [-0.2, -0.15) is 0 Å². The molecule has 0 amide bonds. The Morgan fingerprint density at radius 1 is 1.59 bits per heavy atom. The van der Waals surface area contributed by atoms with Gasteiger partial charge in [0.1, 0.15) is 0 Å². The van der Waals surface area contributed by atoms with Crippen LogP contribution in [0.15, 0.2) is 16.7 Å². The fraction of sp³-hybridized carbons (Fsp3) is 0.545. The van der Waals surface area contributed by atoms with E-state index in [9.17, 15) is 10.1 Å². The molecule has 2 rings (SSSR count). The lowest BCUT2D eigenvalue weighted by Gasteiger charge is -2.33. The summed E-state index contributed by atoms with van der Waals surface area (Å²) in [7, 11) is 0. The average molecular weight is 300 g/mol. The summed E-state index contributed by atoms with van der Waals surface area (Å²) in [4.78, 5) is 16.9. The summed E-state index contributed by atoms with van der Waals surface area (Å²) in [5.74, 6) is 0.491. The maximum absolute atomic E-state index is 11.0. The largest absolute Gasteiger partial charge is 0.348 e. The van der Waals surface area contributed by atoms with Gasteiger partial charge in [-0.25, -0.2) is 4.98 Å². The van der Waals surface area contributed by atoms with Crippen molar-refractivity contribution in [3.8, 4) is 0 Å². The summed E-state index contributed by atoms with van der Waals surface area (Å²) in [6.45, 7) is 2.93. The second-order valence-corrected chi connectivity index (χ2v) is 5.21. The van der Waals surface area contributed by atoms with Crippen LogP contribution < -0.4 is 4.90 Å². The number of halogens is 1. The number of aromatic nitrogens is 1. The van der Waals surface area contributed by atoms with Crippen LogP contribution in [-0.4, -0.2) is 22.5 Å². The molecule has 1 unspecified atom stereocenters. The van der Waals surface area contributed by atoms with Crippen LogP contribution in [0.3, 0.4) is 0 Å². The highest BCUT2D eigenvalue weighted by atomic mass is 79.9. The minimum atomic E-state index is -0.367. The molecular weight excluding hydrogens is 286 g/mol. The minimum Gasteiger partial charge on any atom is -0.348 e. The second-order valence-electron chi connectivity index (χ2n) is 4.29. The van der Waals surface area contributed by atoms with Crippen molar-refractivity contribution >= 4 is 27.4 Å². The van der Waals surface area contributed by atoms with Gasteiger partial charge in [-0.1, -0.05) is 0 Å². The molecule has 0 aromatic carbocycles. The molecule has 1 saturated heterocycles. The highest BCUT2D eigenvalue weighted by Gasteiger charge is 2.26. The van der Waals surface area contributed by atoms with E-state index in [1.165, 1.54) is 12.5 Å². The van der Waals surface area contributed by atoms with E-state index in [4.69, 9.17) is 0 Å². The van der Waals surface area contributed by atoms with Crippen molar-refractivity contribution in [2.45, 2.75) is 32.2 Å². The molecule has 17 heavy (non-hydrogen) atoms. The molecule has 1 aliphatic heterocycles. The summed E-state index contributed by atoms with van der Waals surface area (Å²) in [5.41, 5.74) is 0.0770. The number of hydrogen-bond donors (Lipinski definition) is 0. The van der Waals surface area contributed by atoms with Crippen LogP contribution in [0.1, 0.15) is 26.2 Å². The Kier molecular flexibility index (Phi) is 3.61. The molecule has 1 aliphatic rings. The van der Waals surface area contributed by atoms with Crippen molar-refractivity contribution in [1.82, 2.24) is 4.98 Å². The molecule has 0 radical (unpaired) electrons. The lowest BCUT2D eigenvalue weighted by molar-refractivity contribution is -0.384. The van der Waals surface area contributed by atoms with Crippen LogP contribution in [-0.2, 0) is 0 Å². The third kappa shape index (κ3) is 2.57. The Morgan fingerprint density at radius 3 is 3.00 bits per heavy atom. The molecule has 0 bridgehead atoms. The number of piperidine rings is 1. The van der Waals surface area contributed by atoms with Crippen molar-refractivity contribution in [3.05, 3.63) is 26.9 Å². The first-order chi connectivity index (χ1) is 8.09. The Hall–Kier alpha value is -1.17. The molecule has 1 aromatic heterocycles. The van der Waals surface area contributed by atoms with E-state index in [0.29, 0.717) is 16.3 Å². The van der Waals surface area contributed by atoms with Crippen LogP contribution in [0.25, 0.3) is 0 Å². The van der Waals surface area contributed by atoms with E-state index in [0.717, 1.165) is 19.4 Å². The number of nitro groups is 1. The first-order valence-corrected chi connectivity index (χ1v) is 6.45. The zero-order valence-electron chi connectivity index (χ0n) is 9.60. The number of nitrogens with zero attached hydrogens (tertiary/aromatic N) is 3. The Labute approximate surface area is 108 Å². The Balaban J connectivity index is 2.39. The summed E-state index contributed by atoms with van der Waals surface area (Å²) in [6, 6.07) is 1.83. The van der Waals surface area contributed by atoms with Gasteiger partial charge in [0.25, 0.3) is 0 Å². The van der Waals surface area contributed by atoms with Gasteiger partial charge in [0.2, 0.25) is 5.82 Å². The molecule has 2 heterocycles. The van der Waals surface area contributed by atoms with Crippen molar-refractivity contribution in [2.75, 3.05) is 11.4 Å². The first-order valence-electron chi connectivity index (χ1n) is 5.66. The molecule has 1 atom stereocenters. The van der Waals surface area contributed by atoms with Gasteiger partial charge in [0.15, 0.2) is 0 Å². The zero-order valence-corrected chi connectivity index (χ0v) is 11.2. The van der Waals surface area contributed by atoms with E-state index in [-0.39, 0.29) is 10.6 Å². The SMILES string of the molecule is CC1CCCCN1c1ncc(Br)cc1[N+](=O)[O-]. The zero-order chi connectivity index (χ0) is 12.4. The fourth-order valence-electron chi connectivity index (χ4n) is 2.19. The number of pyridine rings is 1. The molecular formula is C11H14BrN3O2. The molecule has 5 nitrogen and oxygen atoms in total. The quantitative estimate of drug-likeness (QED) is 0.622. The smallest absolute Gasteiger partial charge is 0.312 e. The monoisotopic (exact) mass is 299 g/mol. The molecule has 0 aliphatic carbocycles. The Bertz CT molecular complexity index is 439. The van der Waals surface area contributed by atoms with Gasteiger partial charge >= 0.3 is 5.69 Å². The van der Waals surface area contributed by atoms with E-state index >= 15 is 0 Å². The van der Waals surface area contributed by atoms with Crippen LogP contribution in [0.5, 0.6) is 0 Å². The number of hydrogen-bond acceptors (Lipinski definition) is 4. The van der Waals surface area contributed by atoms with Crippen molar-refractivity contribution in [3.63, 3.8) is 0 Å². The standard InChI is InChI=1S/C11H14BrN3O2/c1-8-4-2-3-5-14(8)11-10(15(16)17)6-9(12)7-13-11/h6-8H,2-5H2,1H3. The molecule has 6 heteroatoms. The van der Waals surface area contributed by atoms with E-state index < -0.39 is 0 Å². The number of anilines is 1. The first kappa shape index (κ1) is 12.3. The lowest BCUT2D eigenvalue weighted by atomic mass is 10.0. The highest BCUT2D eigenvalue weighted by Crippen LogP contribution is 2.32. The second kappa shape index (κ2) is 5.00. The Morgan fingerprint density at radius 2 is 2.35 bits per heavy atom. The predicted octanol–water partition coefficient (Wildman–Crippen LogP) is 3.13. The van der Waals surface area contributed by atoms with Gasteiger partial charge < -0.3 is 4.90 Å². The summed E-state index contributed by atoms with van der Waals surface area (Å²) >= 11 is 3.22. The van der Waals surface area contributed by atoms with E-state index in [1.54, 1.807) is 6.20 Å². The third-order valence-electron chi connectivity index (χ3n) is 3.09.